The zero-order valence-corrected chi connectivity index (χ0v) is 16.6. The maximum Gasteiger partial charge on any atom is 0.253 e. The van der Waals surface area contributed by atoms with Crippen LogP contribution in [0, 0.1) is 0 Å². The highest BCUT2D eigenvalue weighted by atomic mass is 79.9. The molecule has 0 saturated heterocycles. The Labute approximate surface area is 157 Å². The summed E-state index contributed by atoms with van der Waals surface area (Å²) < 4.78 is 29.3. The van der Waals surface area contributed by atoms with Gasteiger partial charge in [-0.1, -0.05) is 30.3 Å². The Kier molecular flexibility index (Phi) is 4.38. The van der Waals surface area contributed by atoms with Gasteiger partial charge in [0.05, 0.1) is 9.83 Å². The molecule has 0 fully saturated rings. The van der Waals surface area contributed by atoms with Crippen molar-refractivity contribution >= 4 is 48.6 Å². The van der Waals surface area contributed by atoms with Crippen LogP contribution in [0.15, 0.2) is 61.9 Å². The van der Waals surface area contributed by atoms with Crippen LogP contribution in [0.1, 0.15) is 22.0 Å². The lowest BCUT2D eigenvalue weighted by molar-refractivity contribution is 0.348. The summed E-state index contributed by atoms with van der Waals surface area (Å²) in [5.74, 6) is 0. The highest BCUT2D eigenvalue weighted by molar-refractivity contribution is 9.11. The van der Waals surface area contributed by atoms with Gasteiger partial charge in [-0.25, -0.2) is 8.42 Å². The number of nitrogens with zero attached hydrogens (tertiary/aromatic N) is 1. The van der Waals surface area contributed by atoms with Crippen molar-refractivity contribution in [2.75, 3.05) is 6.54 Å². The maximum atomic E-state index is 13.2. The minimum absolute atomic E-state index is 0.249. The van der Waals surface area contributed by atoms with E-state index in [0.29, 0.717) is 10.8 Å². The Balaban J connectivity index is 1.86. The Morgan fingerprint density at radius 1 is 1.08 bits per heavy atom. The molecule has 1 aliphatic rings. The van der Waals surface area contributed by atoms with E-state index in [4.69, 9.17) is 0 Å². The van der Waals surface area contributed by atoms with E-state index in [0.717, 1.165) is 20.6 Å². The quantitative estimate of drug-likeness (QED) is 0.581. The first-order valence-corrected chi connectivity index (χ1v) is 11.4. The number of thiophene rings is 2. The second kappa shape index (κ2) is 6.38. The van der Waals surface area contributed by atoms with Crippen molar-refractivity contribution in [3.63, 3.8) is 0 Å². The van der Waals surface area contributed by atoms with Crippen LogP contribution in [0.25, 0.3) is 0 Å². The number of benzene rings is 1. The second-order valence-corrected chi connectivity index (χ2v) is 11.1. The number of sulfonamides is 1. The second-order valence-electron chi connectivity index (χ2n) is 5.54. The minimum atomic E-state index is -3.53. The lowest BCUT2D eigenvalue weighted by atomic mass is 9.93. The molecule has 1 aromatic carbocycles. The number of rotatable bonds is 3. The normalized spacial score (nSPS) is 18.5. The highest BCUT2D eigenvalue weighted by Crippen LogP contribution is 2.41. The molecule has 124 valence electrons. The number of halogens is 1. The lowest BCUT2D eigenvalue weighted by Gasteiger charge is -2.35. The predicted octanol–water partition coefficient (Wildman–Crippen LogP) is 4.91. The first-order valence-electron chi connectivity index (χ1n) is 7.46. The molecule has 4 rings (SSSR count). The number of fused-ring (bicyclic) bond motifs is 1. The third kappa shape index (κ3) is 2.78. The molecular formula is C17H14BrNO2S3. The number of hydrogen-bond donors (Lipinski definition) is 0. The lowest BCUT2D eigenvalue weighted by Crippen LogP contribution is -2.39. The molecule has 0 radical (unpaired) electrons. The van der Waals surface area contributed by atoms with Gasteiger partial charge in [-0.2, -0.15) is 4.31 Å². The molecule has 0 spiro atoms. The van der Waals surface area contributed by atoms with Crippen LogP contribution in [0.5, 0.6) is 0 Å². The molecule has 7 heteroatoms. The summed E-state index contributed by atoms with van der Waals surface area (Å²) >= 11 is 6.23. The summed E-state index contributed by atoms with van der Waals surface area (Å²) in [5, 5.41) is 2.00. The van der Waals surface area contributed by atoms with E-state index in [-0.39, 0.29) is 6.04 Å². The molecule has 0 amide bonds. The highest BCUT2D eigenvalue weighted by Gasteiger charge is 2.38. The van der Waals surface area contributed by atoms with Crippen LogP contribution in [0.3, 0.4) is 0 Å². The molecule has 0 N–H and O–H groups in total. The molecule has 0 aliphatic carbocycles. The van der Waals surface area contributed by atoms with Crippen LogP contribution < -0.4 is 0 Å². The predicted molar refractivity (Wildman–Crippen MR) is 102 cm³/mol. The zero-order chi connectivity index (χ0) is 16.7. The van der Waals surface area contributed by atoms with Crippen LogP contribution in [0.2, 0.25) is 0 Å². The zero-order valence-electron chi connectivity index (χ0n) is 12.6. The molecule has 2 aromatic heterocycles. The number of hydrogen-bond acceptors (Lipinski definition) is 4. The van der Waals surface area contributed by atoms with Gasteiger partial charge in [0, 0.05) is 11.4 Å². The van der Waals surface area contributed by atoms with Crippen LogP contribution in [-0.2, 0) is 16.4 Å². The van der Waals surface area contributed by atoms with Crippen molar-refractivity contribution in [1.82, 2.24) is 4.31 Å². The molecule has 3 nitrogen and oxygen atoms in total. The van der Waals surface area contributed by atoms with E-state index in [1.807, 2.05) is 35.7 Å². The van der Waals surface area contributed by atoms with Crippen LogP contribution >= 0.6 is 38.6 Å². The smallest absolute Gasteiger partial charge is 0.206 e. The molecule has 1 aliphatic heterocycles. The average molecular weight is 440 g/mol. The molecule has 0 saturated carbocycles. The molecule has 1 atom stereocenters. The van der Waals surface area contributed by atoms with Gasteiger partial charge >= 0.3 is 0 Å². The SMILES string of the molecule is O=S(=O)(c1ccc(Br)s1)N1CCc2ccccc2C1c1cccs1. The van der Waals surface area contributed by atoms with E-state index in [9.17, 15) is 8.42 Å². The average Bonchev–Trinajstić information content (AvgIpc) is 3.25. The van der Waals surface area contributed by atoms with Crippen molar-refractivity contribution < 1.29 is 8.42 Å². The Hall–Kier alpha value is -0.990. The van der Waals surface area contributed by atoms with Gasteiger partial charge in [-0.15, -0.1) is 22.7 Å². The monoisotopic (exact) mass is 439 g/mol. The molecule has 1 unspecified atom stereocenters. The van der Waals surface area contributed by atoms with Crippen molar-refractivity contribution in [3.8, 4) is 0 Å². The van der Waals surface area contributed by atoms with E-state index in [1.165, 1.54) is 16.9 Å². The fourth-order valence-electron chi connectivity index (χ4n) is 3.10. The third-order valence-electron chi connectivity index (χ3n) is 4.16. The van der Waals surface area contributed by atoms with Gasteiger partial charge in [0.2, 0.25) is 0 Å². The van der Waals surface area contributed by atoms with Crippen molar-refractivity contribution in [2.24, 2.45) is 0 Å². The molecular weight excluding hydrogens is 426 g/mol. The van der Waals surface area contributed by atoms with Crippen LogP contribution in [0.4, 0.5) is 0 Å². The molecule has 3 heterocycles. The van der Waals surface area contributed by atoms with Gasteiger partial charge in [-0.3, -0.25) is 0 Å². The van der Waals surface area contributed by atoms with E-state index in [1.54, 1.807) is 27.8 Å². The Bertz CT molecular complexity index is 963. The first kappa shape index (κ1) is 16.5. The van der Waals surface area contributed by atoms with Gasteiger partial charge in [0.1, 0.15) is 4.21 Å². The topological polar surface area (TPSA) is 37.4 Å². The van der Waals surface area contributed by atoms with Gasteiger partial charge < -0.3 is 0 Å². The summed E-state index contributed by atoms with van der Waals surface area (Å²) in [6.45, 7) is 0.497. The maximum absolute atomic E-state index is 13.2. The van der Waals surface area contributed by atoms with Gasteiger partial charge in [0.25, 0.3) is 10.0 Å². The van der Waals surface area contributed by atoms with Gasteiger partial charge in [-0.05, 0) is 57.1 Å². The van der Waals surface area contributed by atoms with Crippen molar-refractivity contribution in [1.29, 1.82) is 0 Å². The van der Waals surface area contributed by atoms with E-state index < -0.39 is 10.0 Å². The fraction of sp³-hybridized carbons (Fsp3) is 0.176. The Morgan fingerprint density at radius 3 is 2.62 bits per heavy atom. The van der Waals surface area contributed by atoms with Gasteiger partial charge in [0.15, 0.2) is 0 Å². The summed E-state index contributed by atoms with van der Waals surface area (Å²) in [5.41, 5.74) is 2.32. The summed E-state index contributed by atoms with van der Waals surface area (Å²) in [6, 6.07) is 15.4. The van der Waals surface area contributed by atoms with E-state index in [2.05, 4.69) is 22.0 Å². The van der Waals surface area contributed by atoms with Crippen molar-refractivity contribution in [2.45, 2.75) is 16.7 Å². The van der Waals surface area contributed by atoms with Crippen molar-refractivity contribution in [3.05, 3.63) is 73.7 Å². The molecule has 24 heavy (non-hydrogen) atoms. The molecule has 0 bridgehead atoms. The first-order chi connectivity index (χ1) is 11.6. The van der Waals surface area contributed by atoms with Crippen LogP contribution in [-0.4, -0.2) is 19.3 Å². The molecule has 3 aromatic rings. The minimum Gasteiger partial charge on any atom is -0.206 e. The fourth-order valence-corrected chi connectivity index (χ4v) is 7.74. The standard InChI is InChI=1S/C17H14BrNO2S3/c18-15-7-8-16(23-15)24(20,21)19-10-9-12-4-1-2-5-13(12)17(19)14-6-3-11-22-14/h1-8,11,17H,9-10H2. The largest absolute Gasteiger partial charge is 0.253 e. The Morgan fingerprint density at radius 2 is 1.92 bits per heavy atom. The third-order valence-corrected chi connectivity index (χ3v) is 9.04. The van der Waals surface area contributed by atoms with E-state index >= 15 is 0 Å². The summed E-state index contributed by atoms with van der Waals surface area (Å²) in [4.78, 5) is 1.06. The summed E-state index contributed by atoms with van der Waals surface area (Å²) in [6.07, 6.45) is 0.740. The summed E-state index contributed by atoms with van der Waals surface area (Å²) in [7, 11) is -3.53.